The van der Waals surface area contributed by atoms with Crippen LogP contribution in [0.5, 0.6) is 0 Å². The summed E-state index contributed by atoms with van der Waals surface area (Å²) in [7, 11) is -1.17. The van der Waals surface area contributed by atoms with Crippen molar-refractivity contribution in [3.8, 4) is 0 Å². The van der Waals surface area contributed by atoms with Gasteiger partial charge in [-0.15, -0.1) is 0 Å². The molecule has 12 heavy (non-hydrogen) atoms. The lowest BCUT2D eigenvalue weighted by Gasteiger charge is -1.96. The third kappa shape index (κ3) is 22.5. The molecule has 1 atom stereocenters. The van der Waals surface area contributed by atoms with Crippen LogP contribution in [0, 0.1) is 0 Å². The summed E-state index contributed by atoms with van der Waals surface area (Å²) in [4.78, 5) is 7.04. The molecule has 0 aromatic rings. The molecule has 0 aliphatic rings. The third-order valence-corrected chi connectivity index (χ3v) is 1.56. The fourth-order valence-electron chi connectivity index (χ4n) is 0.925. The Morgan fingerprint density at radius 1 is 1.17 bits per heavy atom. The molecule has 3 nitrogen and oxygen atoms in total. The van der Waals surface area contributed by atoms with Gasteiger partial charge in [0, 0.05) is 0 Å². The van der Waals surface area contributed by atoms with Gasteiger partial charge in [-0.3, -0.25) is 0 Å². The van der Waals surface area contributed by atoms with E-state index in [2.05, 4.69) is 6.92 Å². The van der Waals surface area contributed by atoms with Crippen molar-refractivity contribution in [2.75, 3.05) is 6.54 Å². The van der Waals surface area contributed by atoms with E-state index in [0.717, 1.165) is 6.54 Å². The van der Waals surface area contributed by atoms with Gasteiger partial charge in [-0.2, -0.15) is 4.89 Å². The van der Waals surface area contributed by atoms with E-state index in [1.54, 1.807) is 0 Å². The number of hydrogen-bond acceptors (Lipinski definition) is 2. The zero-order valence-electron chi connectivity index (χ0n) is 7.88. The first-order chi connectivity index (χ1) is 5.83. The van der Waals surface area contributed by atoms with Crippen LogP contribution in [-0.4, -0.2) is 11.4 Å². The van der Waals surface area contributed by atoms with Gasteiger partial charge in [0.1, 0.15) is 0 Å². The molecule has 0 saturated heterocycles. The van der Waals surface area contributed by atoms with E-state index in [9.17, 15) is 0 Å². The Hall–Kier alpha value is 0.0200. The molecule has 0 rings (SSSR count). The topological polar surface area (TPSA) is 63.3 Å². The van der Waals surface area contributed by atoms with Crippen LogP contribution >= 0.6 is 8.69 Å². The van der Waals surface area contributed by atoms with Crippen molar-refractivity contribution in [2.24, 2.45) is 5.73 Å². The van der Waals surface area contributed by atoms with Crippen LogP contribution < -0.4 is 5.73 Å². The quantitative estimate of drug-likeness (QED) is 0.503. The van der Waals surface area contributed by atoms with Crippen molar-refractivity contribution in [1.82, 2.24) is 0 Å². The lowest BCUT2D eigenvalue weighted by molar-refractivity contribution is 0.524. The van der Waals surface area contributed by atoms with Gasteiger partial charge in [-0.05, 0) is 17.5 Å². The van der Waals surface area contributed by atoms with E-state index >= 15 is 0 Å². The van der Waals surface area contributed by atoms with Crippen LogP contribution in [0.1, 0.15) is 45.4 Å². The summed E-state index contributed by atoms with van der Waals surface area (Å²) in [6.07, 6.45) is 8.05. The first kappa shape index (κ1) is 14.5. The Kier molecular flexibility index (Phi) is 20.8. The molecule has 0 spiro atoms. The second kappa shape index (κ2) is 17.2. The van der Waals surface area contributed by atoms with Crippen molar-refractivity contribution in [3.05, 3.63) is 0 Å². The van der Waals surface area contributed by atoms with Crippen LogP contribution in [0.25, 0.3) is 0 Å². The summed E-state index contributed by atoms with van der Waals surface area (Å²) in [6, 6.07) is 0. The fraction of sp³-hybridized carbons (Fsp3) is 1.00. The van der Waals surface area contributed by atoms with Gasteiger partial charge in [0.05, 0.1) is 0 Å². The summed E-state index contributed by atoms with van der Waals surface area (Å²) in [5.74, 6) is 0. The van der Waals surface area contributed by atoms with E-state index in [1.165, 1.54) is 38.5 Å². The number of nitrogens with two attached hydrogens (primary N) is 1. The lowest BCUT2D eigenvalue weighted by atomic mass is 10.1. The molecule has 4 heteroatoms. The van der Waals surface area contributed by atoms with E-state index in [-0.39, 0.29) is 0 Å². The summed E-state index contributed by atoms with van der Waals surface area (Å²) in [5.41, 5.74) is 5.34. The maximum Gasteiger partial charge on any atom is 0.491 e. The molecule has 0 fully saturated rings. The largest absolute Gasteiger partial charge is 0.491 e. The monoisotopic (exact) mass is 194 g/mol. The van der Waals surface area contributed by atoms with E-state index < -0.39 is 8.69 Å². The highest BCUT2D eigenvalue weighted by molar-refractivity contribution is 7.16. The molecule has 0 saturated carbocycles. The van der Waals surface area contributed by atoms with Crippen molar-refractivity contribution < 1.29 is 9.46 Å². The Bertz CT molecular complexity index is 75.5. The molecule has 0 aromatic heterocycles. The van der Waals surface area contributed by atoms with Crippen LogP contribution in [0.15, 0.2) is 0 Å². The zero-order valence-corrected chi connectivity index (χ0v) is 8.88. The summed E-state index contributed by atoms with van der Waals surface area (Å²) >= 11 is 0. The minimum absolute atomic E-state index is 0.867. The molecule has 0 bridgehead atoms. The molecule has 1 unspecified atom stereocenters. The van der Waals surface area contributed by atoms with Crippen molar-refractivity contribution in [2.45, 2.75) is 45.4 Å². The maximum atomic E-state index is 8.51. The first-order valence-electron chi connectivity index (χ1n) is 4.54. The summed E-state index contributed by atoms with van der Waals surface area (Å²) in [5, 5.41) is 0. The standard InChI is InChI=1S/C8H19N.HO2P/c1-2-3-4-5-6-7-8-9;1-3-2/h2-9H2,1H3;3H/p+1. The summed E-state index contributed by atoms with van der Waals surface area (Å²) < 4.78 is 8.51. The smallest absolute Gasteiger partial charge is 0.330 e. The molecular weight excluding hydrogens is 173 g/mol. The number of rotatable bonds is 6. The predicted octanol–water partition coefficient (Wildman–Crippen LogP) is 2.22. The normalized spacial score (nSPS) is 9.25. The van der Waals surface area contributed by atoms with Crippen LogP contribution in [0.3, 0.4) is 0 Å². The number of unbranched alkanes of at least 4 members (excludes halogenated alkanes) is 5. The van der Waals surface area contributed by atoms with Crippen LogP contribution in [0.2, 0.25) is 0 Å². The predicted molar refractivity (Wildman–Crippen MR) is 53.7 cm³/mol. The fourth-order valence-corrected chi connectivity index (χ4v) is 0.925. The minimum atomic E-state index is -1.17. The molecular formula is C8H21NO2P+. The molecule has 0 heterocycles. The molecule has 0 aliphatic heterocycles. The van der Waals surface area contributed by atoms with Gasteiger partial charge in [0.25, 0.3) is 0 Å². The highest BCUT2D eigenvalue weighted by atomic mass is 31.1. The second-order valence-corrected chi connectivity index (χ2v) is 2.83. The van der Waals surface area contributed by atoms with Gasteiger partial charge in [-0.1, -0.05) is 39.0 Å². The van der Waals surface area contributed by atoms with Crippen LogP contribution in [-0.2, 0) is 4.57 Å². The highest BCUT2D eigenvalue weighted by Crippen LogP contribution is 2.03. The average Bonchev–Trinajstić information content (AvgIpc) is 2.06. The van der Waals surface area contributed by atoms with E-state index in [0.29, 0.717) is 0 Å². The Labute approximate surface area is 76.6 Å². The molecule has 0 amide bonds. The minimum Gasteiger partial charge on any atom is -0.330 e. The third-order valence-electron chi connectivity index (χ3n) is 1.56. The highest BCUT2D eigenvalue weighted by Gasteiger charge is 1.85. The Balaban J connectivity index is 0. The van der Waals surface area contributed by atoms with Gasteiger partial charge in [0.15, 0.2) is 0 Å². The molecule has 3 N–H and O–H groups in total. The Morgan fingerprint density at radius 2 is 1.58 bits per heavy atom. The van der Waals surface area contributed by atoms with Gasteiger partial charge >= 0.3 is 8.69 Å². The van der Waals surface area contributed by atoms with Gasteiger partial charge in [-0.25, -0.2) is 0 Å². The lowest BCUT2D eigenvalue weighted by Crippen LogP contribution is -1.97. The number of hydrogen-bond donors (Lipinski definition) is 2. The molecule has 0 aliphatic carbocycles. The van der Waals surface area contributed by atoms with Crippen molar-refractivity contribution in [1.29, 1.82) is 0 Å². The van der Waals surface area contributed by atoms with Gasteiger partial charge < -0.3 is 5.73 Å². The van der Waals surface area contributed by atoms with Crippen LogP contribution in [0.4, 0.5) is 0 Å². The molecule has 74 valence electrons. The zero-order chi connectivity index (χ0) is 9.66. The summed E-state index contributed by atoms with van der Waals surface area (Å²) in [6.45, 7) is 3.11. The first-order valence-corrected chi connectivity index (χ1v) is 5.40. The second-order valence-electron chi connectivity index (χ2n) is 2.65. The molecule has 0 radical (unpaired) electrons. The maximum absolute atomic E-state index is 8.51. The van der Waals surface area contributed by atoms with Crippen molar-refractivity contribution >= 4 is 8.69 Å². The van der Waals surface area contributed by atoms with Crippen molar-refractivity contribution in [3.63, 3.8) is 0 Å². The van der Waals surface area contributed by atoms with E-state index in [4.69, 9.17) is 15.2 Å². The SMILES string of the molecule is CCCCCCCCN.O=[PH+]O. The van der Waals surface area contributed by atoms with E-state index in [1.807, 2.05) is 0 Å². The van der Waals surface area contributed by atoms with Gasteiger partial charge in [0.2, 0.25) is 0 Å². The average molecular weight is 194 g/mol. The Morgan fingerprint density at radius 3 is 2.00 bits per heavy atom. The molecule has 0 aromatic carbocycles.